The van der Waals surface area contributed by atoms with Crippen molar-refractivity contribution in [3.05, 3.63) is 0 Å². The highest BCUT2D eigenvalue weighted by molar-refractivity contribution is 4.97. The minimum atomic E-state index is 0.310. The Morgan fingerprint density at radius 2 is 1.80 bits per heavy atom. The normalized spacial score (nSPS) is 32.7. The Morgan fingerprint density at radius 1 is 1.15 bits per heavy atom. The van der Waals surface area contributed by atoms with Crippen LogP contribution in [-0.2, 0) is 0 Å². The Labute approximate surface area is 125 Å². The van der Waals surface area contributed by atoms with Crippen molar-refractivity contribution in [3.8, 4) is 0 Å². The van der Waals surface area contributed by atoms with Gasteiger partial charge in [-0.05, 0) is 32.4 Å². The van der Waals surface area contributed by atoms with Gasteiger partial charge < -0.3 is 10.6 Å². The summed E-state index contributed by atoms with van der Waals surface area (Å²) < 4.78 is 0. The Balaban J connectivity index is 1.81. The molecule has 0 amide bonds. The maximum Gasteiger partial charge on any atom is 0.0253 e. The second-order valence-corrected chi connectivity index (χ2v) is 7.65. The third-order valence-corrected chi connectivity index (χ3v) is 5.38. The van der Waals surface area contributed by atoms with Crippen molar-refractivity contribution in [2.24, 2.45) is 11.1 Å². The first-order valence-electron chi connectivity index (χ1n) is 8.27. The van der Waals surface area contributed by atoms with Gasteiger partial charge in [0.1, 0.15) is 0 Å². The third-order valence-electron chi connectivity index (χ3n) is 5.38. The summed E-state index contributed by atoms with van der Waals surface area (Å²) >= 11 is 0. The molecular weight excluding hydrogens is 248 g/mol. The number of likely N-dealkylation sites (N-methyl/N-ethyl adjacent to an activating group) is 1. The number of piperazine rings is 1. The molecule has 0 aromatic carbocycles. The second kappa shape index (κ2) is 6.73. The molecule has 0 radical (unpaired) electrons. The highest BCUT2D eigenvalue weighted by Gasteiger charge is 2.39. The largest absolute Gasteiger partial charge is 0.326 e. The van der Waals surface area contributed by atoms with Crippen LogP contribution in [0.1, 0.15) is 33.1 Å². The second-order valence-electron chi connectivity index (χ2n) is 7.65. The predicted octanol–water partition coefficient (Wildman–Crippen LogP) is 1.07. The zero-order valence-electron chi connectivity index (χ0n) is 13.9. The number of nitrogens with zero attached hydrogens (tertiary/aromatic N) is 3. The maximum atomic E-state index is 6.56. The minimum Gasteiger partial charge on any atom is -0.326 e. The van der Waals surface area contributed by atoms with E-state index in [4.69, 9.17) is 5.73 Å². The number of hydrogen-bond acceptors (Lipinski definition) is 4. The molecule has 20 heavy (non-hydrogen) atoms. The summed E-state index contributed by atoms with van der Waals surface area (Å²) in [6.45, 7) is 11.9. The van der Waals surface area contributed by atoms with Crippen LogP contribution in [0.3, 0.4) is 0 Å². The monoisotopic (exact) mass is 282 g/mol. The van der Waals surface area contributed by atoms with Crippen molar-refractivity contribution in [1.82, 2.24) is 14.7 Å². The van der Waals surface area contributed by atoms with Crippen LogP contribution in [0.15, 0.2) is 0 Å². The van der Waals surface area contributed by atoms with Gasteiger partial charge in [-0.3, -0.25) is 9.80 Å². The number of hydrogen-bond donors (Lipinski definition) is 1. The van der Waals surface area contributed by atoms with Crippen LogP contribution in [-0.4, -0.2) is 80.1 Å². The van der Waals surface area contributed by atoms with Gasteiger partial charge >= 0.3 is 0 Å². The molecule has 1 aliphatic carbocycles. The lowest BCUT2D eigenvalue weighted by Gasteiger charge is -2.49. The van der Waals surface area contributed by atoms with Crippen molar-refractivity contribution in [3.63, 3.8) is 0 Å². The van der Waals surface area contributed by atoms with Crippen LogP contribution in [0.25, 0.3) is 0 Å². The summed E-state index contributed by atoms with van der Waals surface area (Å²) in [6, 6.07) is 0.944. The van der Waals surface area contributed by atoms with Gasteiger partial charge in [0.15, 0.2) is 0 Å². The van der Waals surface area contributed by atoms with Gasteiger partial charge in [0, 0.05) is 51.4 Å². The molecule has 2 unspecified atom stereocenters. The summed E-state index contributed by atoms with van der Waals surface area (Å²) in [7, 11) is 4.30. The van der Waals surface area contributed by atoms with Crippen LogP contribution in [0.4, 0.5) is 0 Å². The molecule has 2 aliphatic rings. The van der Waals surface area contributed by atoms with Gasteiger partial charge in [0.2, 0.25) is 0 Å². The van der Waals surface area contributed by atoms with Gasteiger partial charge in [0.25, 0.3) is 0 Å². The zero-order valence-corrected chi connectivity index (χ0v) is 13.9. The van der Waals surface area contributed by atoms with E-state index in [0.29, 0.717) is 17.5 Å². The van der Waals surface area contributed by atoms with E-state index in [1.54, 1.807) is 0 Å². The Kier molecular flexibility index (Phi) is 5.46. The highest BCUT2D eigenvalue weighted by atomic mass is 15.3. The van der Waals surface area contributed by atoms with Gasteiger partial charge in [-0.15, -0.1) is 0 Å². The van der Waals surface area contributed by atoms with Crippen molar-refractivity contribution in [2.45, 2.75) is 45.2 Å². The SMILES string of the molecule is CN(C)CCN1CCN(C2CCCC(C)(C)C2N)CC1. The molecule has 2 N–H and O–H groups in total. The van der Waals surface area contributed by atoms with Crippen LogP contribution in [0, 0.1) is 5.41 Å². The zero-order chi connectivity index (χ0) is 14.8. The fourth-order valence-corrected chi connectivity index (χ4v) is 3.70. The van der Waals surface area contributed by atoms with E-state index in [2.05, 4.69) is 42.6 Å². The first-order chi connectivity index (χ1) is 9.40. The summed E-state index contributed by atoms with van der Waals surface area (Å²) in [6.07, 6.45) is 3.92. The standard InChI is InChI=1S/C16H34N4/c1-16(2)7-5-6-14(15(16)17)20-12-10-19(11-13-20)9-8-18(3)4/h14-15H,5-13,17H2,1-4H3. The lowest BCUT2D eigenvalue weighted by molar-refractivity contribution is 0.0305. The molecular formula is C16H34N4. The lowest BCUT2D eigenvalue weighted by Crippen LogP contribution is -2.61. The Morgan fingerprint density at radius 3 is 2.40 bits per heavy atom. The molecule has 1 saturated heterocycles. The summed E-state index contributed by atoms with van der Waals surface area (Å²) in [5.74, 6) is 0. The quantitative estimate of drug-likeness (QED) is 0.837. The van der Waals surface area contributed by atoms with Crippen molar-refractivity contribution in [2.75, 3.05) is 53.4 Å². The van der Waals surface area contributed by atoms with E-state index in [0.717, 1.165) is 6.54 Å². The molecule has 0 spiro atoms. The van der Waals surface area contributed by atoms with Crippen LogP contribution in [0.2, 0.25) is 0 Å². The molecule has 2 atom stereocenters. The summed E-state index contributed by atoms with van der Waals surface area (Å²) in [5, 5.41) is 0. The highest BCUT2D eigenvalue weighted by Crippen LogP contribution is 2.36. The average Bonchev–Trinajstić information content (AvgIpc) is 2.40. The van der Waals surface area contributed by atoms with Gasteiger partial charge in [-0.1, -0.05) is 20.3 Å². The lowest BCUT2D eigenvalue weighted by atomic mass is 9.70. The van der Waals surface area contributed by atoms with E-state index in [9.17, 15) is 0 Å². The van der Waals surface area contributed by atoms with Gasteiger partial charge in [-0.25, -0.2) is 0 Å². The number of nitrogens with two attached hydrogens (primary N) is 1. The summed E-state index contributed by atoms with van der Waals surface area (Å²) in [5.41, 5.74) is 6.87. The summed E-state index contributed by atoms with van der Waals surface area (Å²) in [4.78, 5) is 7.53. The fraction of sp³-hybridized carbons (Fsp3) is 1.00. The van der Waals surface area contributed by atoms with E-state index >= 15 is 0 Å². The molecule has 4 heteroatoms. The van der Waals surface area contributed by atoms with Crippen LogP contribution < -0.4 is 5.73 Å². The molecule has 0 bridgehead atoms. The predicted molar refractivity (Wildman–Crippen MR) is 86.0 cm³/mol. The van der Waals surface area contributed by atoms with Crippen molar-refractivity contribution in [1.29, 1.82) is 0 Å². The third kappa shape index (κ3) is 3.94. The molecule has 1 saturated carbocycles. The molecule has 2 fully saturated rings. The topological polar surface area (TPSA) is 35.7 Å². The Bertz CT molecular complexity index is 295. The van der Waals surface area contributed by atoms with Crippen molar-refractivity contribution < 1.29 is 0 Å². The van der Waals surface area contributed by atoms with Gasteiger partial charge in [-0.2, -0.15) is 0 Å². The molecule has 118 valence electrons. The number of rotatable bonds is 4. The maximum absolute atomic E-state index is 6.56. The molecule has 1 aliphatic heterocycles. The first-order valence-corrected chi connectivity index (χ1v) is 8.27. The van der Waals surface area contributed by atoms with Crippen molar-refractivity contribution >= 4 is 0 Å². The van der Waals surface area contributed by atoms with E-state index < -0.39 is 0 Å². The fourth-order valence-electron chi connectivity index (χ4n) is 3.70. The smallest absolute Gasteiger partial charge is 0.0253 e. The van der Waals surface area contributed by atoms with E-state index in [-0.39, 0.29) is 0 Å². The van der Waals surface area contributed by atoms with Crippen LogP contribution in [0.5, 0.6) is 0 Å². The Hall–Kier alpha value is -0.160. The molecule has 4 nitrogen and oxygen atoms in total. The molecule has 0 aromatic heterocycles. The van der Waals surface area contributed by atoms with E-state index in [1.165, 1.54) is 52.0 Å². The minimum absolute atomic E-state index is 0.310. The van der Waals surface area contributed by atoms with E-state index in [1.807, 2.05) is 0 Å². The van der Waals surface area contributed by atoms with Gasteiger partial charge in [0.05, 0.1) is 0 Å². The average molecular weight is 282 g/mol. The van der Waals surface area contributed by atoms with Crippen LogP contribution >= 0.6 is 0 Å². The molecule has 2 rings (SSSR count). The molecule has 0 aromatic rings. The first kappa shape index (κ1) is 16.2. The molecule has 1 heterocycles.